The van der Waals surface area contributed by atoms with Gasteiger partial charge in [-0.2, -0.15) is 0 Å². The summed E-state index contributed by atoms with van der Waals surface area (Å²) in [5, 5.41) is 0.868. The van der Waals surface area contributed by atoms with Gasteiger partial charge in [-0.25, -0.2) is 4.79 Å². The molecule has 2 aromatic carbocycles. The molecule has 6 atom stereocenters. The van der Waals surface area contributed by atoms with Crippen LogP contribution in [0.4, 0.5) is 0 Å². The first-order chi connectivity index (χ1) is 15.8. The molecule has 2 aromatic rings. The fourth-order valence-corrected chi connectivity index (χ4v) is 5.22. The monoisotopic (exact) mass is 491 g/mol. The van der Waals surface area contributed by atoms with Gasteiger partial charge in [0.25, 0.3) is 0 Å². The zero-order chi connectivity index (χ0) is 23.8. The van der Waals surface area contributed by atoms with Crippen LogP contribution >= 0.6 is 23.2 Å². The van der Waals surface area contributed by atoms with Crippen molar-refractivity contribution in [3.05, 3.63) is 69.7 Å². The van der Waals surface area contributed by atoms with Crippen molar-refractivity contribution in [2.75, 3.05) is 6.61 Å². The number of hydrogen-bond acceptors (Lipinski definition) is 6. The van der Waals surface area contributed by atoms with Gasteiger partial charge < -0.3 is 19.9 Å². The van der Waals surface area contributed by atoms with Gasteiger partial charge in [-0.1, -0.05) is 59.6 Å². The van der Waals surface area contributed by atoms with Crippen molar-refractivity contribution in [2.45, 2.75) is 44.6 Å². The third-order valence-corrected chi connectivity index (χ3v) is 7.38. The molecule has 2 aliphatic carbocycles. The van der Waals surface area contributed by atoms with Crippen molar-refractivity contribution in [3.63, 3.8) is 0 Å². The number of nitrogens with two attached hydrogens (primary N) is 1. The molecule has 4 rings (SSSR count). The topological polar surface area (TPSA) is 87.9 Å². The Kier molecular flexibility index (Phi) is 7.01. The fraction of sp³-hybridized carbons (Fsp3) is 0.440. The van der Waals surface area contributed by atoms with Crippen LogP contribution in [0, 0.1) is 17.8 Å². The van der Waals surface area contributed by atoms with Gasteiger partial charge >= 0.3 is 11.9 Å². The van der Waals surface area contributed by atoms with Crippen molar-refractivity contribution in [2.24, 2.45) is 23.5 Å². The average molecular weight is 492 g/mol. The van der Waals surface area contributed by atoms with Gasteiger partial charge in [-0.05, 0) is 49.4 Å². The number of ether oxygens (including phenoxy) is 3. The molecule has 0 unspecified atom stereocenters. The van der Waals surface area contributed by atoms with Crippen LogP contribution in [0.3, 0.4) is 0 Å². The highest BCUT2D eigenvalue weighted by Gasteiger charge is 2.75. The van der Waals surface area contributed by atoms with Crippen molar-refractivity contribution in [3.8, 4) is 0 Å². The number of hydrogen-bond donors (Lipinski definition) is 1. The average Bonchev–Trinajstić information content (AvgIpc) is 3.46. The van der Waals surface area contributed by atoms with Gasteiger partial charge in [0, 0.05) is 5.92 Å². The number of carbonyl (C=O) groups excluding carboxylic acids is 2. The molecule has 2 aliphatic rings. The van der Waals surface area contributed by atoms with Crippen LogP contribution in [-0.2, 0) is 30.4 Å². The SMILES string of the molecule is CCOC(=O)[C@H]1[C@@H]2C[C@@H](O[C@H](C)c3ccc(Cl)c(Cl)c3)[C@@](N)(C(=O)OCc3ccccc3)[C@@H]21. The molecule has 0 amide bonds. The van der Waals surface area contributed by atoms with E-state index in [1.165, 1.54) is 0 Å². The lowest BCUT2D eigenvalue weighted by Crippen LogP contribution is -2.59. The Balaban J connectivity index is 1.53. The van der Waals surface area contributed by atoms with Crippen LogP contribution < -0.4 is 5.73 Å². The molecule has 0 bridgehead atoms. The first kappa shape index (κ1) is 24.0. The lowest BCUT2D eigenvalue weighted by atomic mass is 9.88. The second-order valence-corrected chi connectivity index (χ2v) is 9.45. The second kappa shape index (κ2) is 9.63. The minimum Gasteiger partial charge on any atom is -0.466 e. The maximum absolute atomic E-state index is 13.3. The summed E-state index contributed by atoms with van der Waals surface area (Å²) in [6, 6.07) is 14.6. The number of benzene rings is 2. The van der Waals surface area contributed by atoms with Gasteiger partial charge in [0.15, 0.2) is 0 Å². The van der Waals surface area contributed by atoms with E-state index in [1.54, 1.807) is 19.1 Å². The number of carbonyl (C=O) groups is 2. The Labute approximate surface area is 203 Å². The molecule has 0 spiro atoms. The first-order valence-corrected chi connectivity index (χ1v) is 11.8. The lowest BCUT2D eigenvalue weighted by molar-refractivity contribution is -0.162. The third kappa shape index (κ3) is 4.62. The summed E-state index contributed by atoms with van der Waals surface area (Å²) in [5.41, 5.74) is 6.95. The number of halogens is 2. The fourth-order valence-electron chi connectivity index (χ4n) is 4.91. The smallest absolute Gasteiger partial charge is 0.329 e. The van der Waals surface area contributed by atoms with E-state index < -0.39 is 29.6 Å². The van der Waals surface area contributed by atoms with Gasteiger partial charge in [-0.15, -0.1) is 0 Å². The molecule has 8 heteroatoms. The summed E-state index contributed by atoms with van der Waals surface area (Å²) in [4.78, 5) is 25.7. The maximum atomic E-state index is 13.3. The Morgan fingerprint density at radius 1 is 1.12 bits per heavy atom. The standard InChI is InChI=1S/C25H27Cl2NO5/c1-3-31-23(29)21-17-12-20(33-14(2)16-9-10-18(26)19(27)11-16)25(28,22(17)21)24(30)32-13-15-7-5-4-6-8-15/h4-11,14,17,20-22H,3,12-13,28H2,1-2H3/t14-,17+,20-,21+,22+,25+/m1/s1. The second-order valence-electron chi connectivity index (χ2n) is 8.64. The summed E-state index contributed by atoms with van der Waals surface area (Å²) >= 11 is 12.2. The third-order valence-electron chi connectivity index (χ3n) is 6.65. The molecule has 0 aliphatic heterocycles. The Hall–Kier alpha value is -2.12. The molecule has 0 radical (unpaired) electrons. The van der Waals surface area contributed by atoms with E-state index in [0.717, 1.165) is 11.1 Å². The number of rotatable bonds is 8. The minimum atomic E-state index is -1.46. The molecule has 2 fully saturated rings. The van der Waals surface area contributed by atoms with E-state index in [1.807, 2.05) is 43.3 Å². The lowest BCUT2D eigenvalue weighted by Gasteiger charge is -2.34. The summed E-state index contributed by atoms with van der Waals surface area (Å²) < 4.78 is 17.1. The van der Waals surface area contributed by atoms with Crippen molar-refractivity contribution in [1.29, 1.82) is 0 Å². The number of fused-ring (bicyclic) bond motifs is 1. The maximum Gasteiger partial charge on any atom is 0.329 e. The predicted molar refractivity (Wildman–Crippen MR) is 125 cm³/mol. The molecule has 0 saturated heterocycles. The van der Waals surface area contributed by atoms with E-state index in [4.69, 9.17) is 43.1 Å². The molecule has 0 heterocycles. The summed E-state index contributed by atoms with van der Waals surface area (Å²) in [7, 11) is 0. The normalized spacial score (nSPS) is 28.6. The Bertz CT molecular complexity index is 1030. The molecule has 2 N–H and O–H groups in total. The molecular formula is C25H27Cl2NO5. The predicted octanol–water partition coefficient (Wildman–Crippen LogP) is 4.71. The van der Waals surface area contributed by atoms with Crippen LogP contribution in [0.2, 0.25) is 10.0 Å². The van der Waals surface area contributed by atoms with Crippen LogP contribution in [-0.4, -0.2) is 30.2 Å². The van der Waals surface area contributed by atoms with Crippen LogP contribution in [0.25, 0.3) is 0 Å². The van der Waals surface area contributed by atoms with Gasteiger partial charge in [0.2, 0.25) is 0 Å². The van der Waals surface area contributed by atoms with E-state index in [2.05, 4.69) is 0 Å². The summed E-state index contributed by atoms with van der Waals surface area (Å²) in [5.74, 6) is -1.78. The zero-order valence-corrected chi connectivity index (χ0v) is 20.0. The van der Waals surface area contributed by atoms with Crippen LogP contribution in [0.15, 0.2) is 48.5 Å². The number of esters is 2. The molecule has 2 saturated carbocycles. The minimum absolute atomic E-state index is 0.0793. The van der Waals surface area contributed by atoms with Crippen LogP contribution in [0.1, 0.15) is 37.5 Å². The largest absolute Gasteiger partial charge is 0.466 e. The zero-order valence-electron chi connectivity index (χ0n) is 18.5. The van der Waals surface area contributed by atoms with Gasteiger partial charge in [-0.3, -0.25) is 4.79 Å². The highest BCUT2D eigenvalue weighted by Crippen LogP contribution is 2.63. The highest BCUT2D eigenvalue weighted by molar-refractivity contribution is 6.42. The molecule has 6 nitrogen and oxygen atoms in total. The van der Waals surface area contributed by atoms with Crippen molar-refractivity contribution in [1.82, 2.24) is 0 Å². The van der Waals surface area contributed by atoms with Gasteiger partial charge in [0.1, 0.15) is 12.1 Å². The molecule has 33 heavy (non-hydrogen) atoms. The van der Waals surface area contributed by atoms with E-state index in [-0.39, 0.29) is 31.0 Å². The molecule has 0 aromatic heterocycles. The highest BCUT2D eigenvalue weighted by atomic mass is 35.5. The molecular weight excluding hydrogens is 465 g/mol. The Morgan fingerprint density at radius 2 is 1.85 bits per heavy atom. The van der Waals surface area contributed by atoms with E-state index in [9.17, 15) is 9.59 Å². The first-order valence-electron chi connectivity index (χ1n) is 11.0. The van der Waals surface area contributed by atoms with Crippen LogP contribution in [0.5, 0.6) is 0 Å². The van der Waals surface area contributed by atoms with Gasteiger partial charge in [0.05, 0.1) is 34.8 Å². The van der Waals surface area contributed by atoms with E-state index in [0.29, 0.717) is 16.5 Å². The molecule has 176 valence electrons. The quantitative estimate of drug-likeness (QED) is 0.537. The summed E-state index contributed by atoms with van der Waals surface area (Å²) in [6.45, 7) is 3.99. The Morgan fingerprint density at radius 3 is 2.52 bits per heavy atom. The van der Waals surface area contributed by atoms with Crippen molar-refractivity contribution < 1.29 is 23.8 Å². The van der Waals surface area contributed by atoms with E-state index >= 15 is 0 Å². The van der Waals surface area contributed by atoms with Crippen molar-refractivity contribution >= 4 is 35.1 Å². The summed E-state index contributed by atoms with van der Waals surface area (Å²) in [6.07, 6.45) is -0.546.